The SMILES string of the molecule is CN(Cc1cc(N)ccc1Cl)C(=O)C1(C)CCCO1. The van der Waals surface area contributed by atoms with Gasteiger partial charge in [0.2, 0.25) is 0 Å². The topological polar surface area (TPSA) is 55.6 Å². The van der Waals surface area contributed by atoms with Crippen LogP contribution in [0.15, 0.2) is 18.2 Å². The highest BCUT2D eigenvalue weighted by Crippen LogP contribution is 2.28. The number of nitrogen functional groups attached to an aromatic ring is 1. The summed E-state index contributed by atoms with van der Waals surface area (Å²) in [6.07, 6.45) is 1.69. The van der Waals surface area contributed by atoms with Gasteiger partial charge in [0.15, 0.2) is 0 Å². The van der Waals surface area contributed by atoms with Crippen molar-refractivity contribution in [3.05, 3.63) is 28.8 Å². The number of benzene rings is 1. The van der Waals surface area contributed by atoms with E-state index >= 15 is 0 Å². The zero-order valence-corrected chi connectivity index (χ0v) is 12.0. The van der Waals surface area contributed by atoms with Gasteiger partial charge in [-0.1, -0.05) is 11.6 Å². The molecule has 1 unspecified atom stereocenters. The van der Waals surface area contributed by atoms with E-state index in [9.17, 15) is 4.79 Å². The Morgan fingerprint density at radius 2 is 2.32 bits per heavy atom. The molecule has 1 aromatic carbocycles. The molecule has 0 spiro atoms. The van der Waals surface area contributed by atoms with Crippen LogP contribution >= 0.6 is 11.6 Å². The van der Waals surface area contributed by atoms with Gasteiger partial charge in [-0.05, 0) is 43.5 Å². The summed E-state index contributed by atoms with van der Waals surface area (Å²) < 4.78 is 5.57. The molecule has 1 aliphatic rings. The van der Waals surface area contributed by atoms with Crippen LogP contribution in [0.5, 0.6) is 0 Å². The van der Waals surface area contributed by atoms with E-state index in [2.05, 4.69) is 0 Å². The first-order valence-electron chi connectivity index (χ1n) is 6.36. The average Bonchev–Trinajstić information content (AvgIpc) is 2.81. The Morgan fingerprint density at radius 3 is 2.95 bits per heavy atom. The third-order valence-electron chi connectivity index (χ3n) is 3.50. The van der Waals surface area contributed by atoms with Gasteiger partial charge in [-0.3, -0.25) is 4.79 Å². The second kappa shape index (κ2) is 5.39. The predicted molar refractivity (Wildman–Crippen MR) is 75.9 cm³/mol. The number of likely N-dealkylation sites (N-methyl/N-ethyl adjacent to an activating group) is 1. The molecule has 5 heteroatoms. The molecular formula is C14H19ClN2O2. The fraction of sp³-hybridized carbons (Fsp3) is 0.500. The molecule has 104 valence electrons. The zero-order chi connectivity index (χ0) is 14.0. The smallest absolute Gasteiger partial charge is 0.254 e. The van der Waals surface area contributed by atoms with Gasteiger partial charge >= 0.3 is 0 Å². The van der Waals surface area contributed by atoms with E-state index in [-0.39, 0.29) is 5.91 Å². The monoisotopic (exact) mass is 282 g/mol. The van der Waals surface area contributed by atoms with Crippen LogP contribution in [0.4, 0.5) is 5.69 Å². The molecule has 0 radical (unpaired) electrons. The second-order valence-electron chi connectivity index (χ2n) is 5.19. The average molecular weight is 283 g/mol. The summed E-state index contributed by atoms with van der Waals surface area (Å²) >= 11 is 6.11. The van der Waals surface area contributed by atoms with Crippen LogP contribution in [0, 0.1) is 0 Å². The molecule has 0 aromatic heterocycles. The molecule has 1 aliphatic heterocycles. The van der Waals surface area contributed by atoms with Crippen molar-refractivity contribution < 1.29 is 9.53 Å². The largest absolute Gasteiger partial charge is 0.399 e. The summed E-state index contributed by atoms with van der Waals surface area (Å²) in [6.45, 7) is 2.93. The zero-order valence-electron chi connectivity index (χ0n) is 11.3. The van der Waals surface area contributed by atoms with Crippen molar-refractivity contribution in [2.75, 3.05) is 19.4 Å². The van der Waals surface area contributed by atoms with E-state index < -0.39 is 5.60 Å². The first kappa shape index (κ1) is 14.2. The van der Waals surface area contributed by atoms with E-state index in [1.165, 1.54) is 0 Å². The molecule has 2 N–H and O–H groups in total. The summed E-state index contributed by atoms with van der Waals surface area (Å²) in [5.74, 6) is -0.0107. The molecule has 1 saturated heterocycles. The van der Waals surface area contributed by atoms with Gasteiger partial charge in [-0.15, -0.1) is 0 Å². The number of nitrogens with zero attached hydrogens (tertiary/aromatic N) is 1. The summed E-state index contributed by atoms with van der Waals surface area (Å²) in [5, 5.41) is 0.617. The molecule has 1 heterocycles. The minimum Gasteiger partial charge on any atom is -0.399 e. The molecule has 1 aromatic rings. The van der Waals surface area contributed by atoms with Crippen molar-refractivity contribution in [1.29, 1.82) is 0 Å². The second-order valence-corrected chi connectivity index (χ2v) is 5.60. The molecule has 19 heavy (non-hydrogen) atoms. The minimum absolute atomic E-state index is 0.0107. The number of nitrogens with two attached hydrogens (primary N) is 1. The number of carbonyl (C=O) groups is 1. The van der Waals surface area contributed by atoms with Gasteiger partial charge in [0.05, 0.1) is 0 Å². The highest BCUT2D eigenvalue weighted by atomic mass is 35.5. The number of hydrogen-bond acceptors (Lipinski definition) is 3. The molecule has 4 nitrogen and oxygen atoms in total. The fourth-order valence-electron chi connectivity index (χ4n) is 2.39. The van der Waals surface area contributed by atoms with E-state index in [1.54, 1.807) is 30.1 Å². The Labute approximate surface area is 118 Å². The van der Waals surface area contributed by atoms with Gasteiger partial charge in [0, 0.05) is 30.9 Å². The van der Waals surface area contributed by atoms with Crippen LogP contribution in [0.2, 0.25) is 5.02 Å². The van der Waals surface area contributed by atoms with Gasteiger partial charge in [0.25, 0.3) is 5.91 Å². The van der Waals surface area contributed by atoms with Crippen LogP contribution in [0.1, 0.15) is 25.3 Å². The molecule has 1 fully saturated rings. The highest BCUT2D eigenvalue weighted by molar-refractivity contribution is 6.31. The van der Waals surface area contributed by atoms with Crippen LogP contribution in [-0.2, 0) is 16.1 Å². The Bertz CT molecular complexity index is 484. The van der Waals surface area contributed by atoms with Crippen LogP contribution in [0.25, 0.3) is 0 Å². The van der Waals surface area contributed by atoms with Crippen molar-refractivity contribution in [2.45, 2.75) is 31.9 Å². The number of ether oxygens (including phenoxy) is 1. The number of amides is 1. The van der Waals surface area contributed by atoms with Crippen molar-refractivity contribution in [1.82, 2.24) is 4.90 Å². The van der Waals surface area contributed by atoms with Crippen molar-refractivity contribution in [3.63, 3.8) is 0 Å². The van der Waals surface area contributed by atoms with Gasteiger partial charge in [-0.2, -0.15) is 0 Å². The predicted octanol–water partition coefficient (Wildman–Crippen LogP) is 2.45. The number of halogens is 1. The van der Waals surface area contributed by atoms with Crippen molar-refractivity contribution in [2.24, 2.45) is 0 Å². The Kier molecular flexibility index (Phi) is 4.02. The Balaban J connectivity index is 2.10. The molecular weight excluding hydrogens is 264 g/mol. The first-order valence-corrected chi connectivity index (χ1v) is 6.73. The standard InChI is InChI=1S/C14H19ClN2O2/c1-14(6-3-7-19-14)13(18)17(2)9-10-8-11(16)4-5-12(10)15/h4-5,8H,3,6-7,9,16H2,1-2H3. The molecule has 0 saturated carbocycles. The van der Waals surface area contributed by atoms with Crippen molar-refractivity contribution >= 4 is 23.2 Å². The molecule has 1 amide bonds. The lowest BCUT2D eigenvalue weighted by Gasteiger charge is -2.28. The molecule has 0 bridgehead atoms. The molecule has 2 rings (SSSR count). The maximum absolute atomic E-state index is 12.4. The van der Waals surface area contributed by atoms with Crippen LogP contribution in [-0.4, -0.2) is 30.1 Å². The normalized spacial score (nSPS) is 22.5. The summed E-state index contributed by atoms with van der Waals surface area (Å²) in [6, 6.07) is 5.29. The van der Waals surface area contributed by atoms with E-state index in [1.807, 2.05) is 6.92 Å². The Morgan fingerprint density at radius 1 is 1.58 bits per heavy atom. The number of rotatable bonds is 3. The quantitative estimate of drug-likeness (QED) is 0.867. The third kappa shape index (κ3) is 3.01. The lowest BCUT2D eigenvalue weighted by Crippen LogP contribution is -2.44. The van der Waals surface area contributed by atoms with Gasteiger partial charge < -0.3 is 15.4 Å². The highest BCUT2D eigenvalue weighted by Gasteiger charge is 2.39. The van der Waals surface area contributed by atoms with Crippen molar-refractivity contribution in [3.8, 4) is 0 Å². The van der Waals surface area contributed by atoms with E-state index in [0.717, 1.165) is 18.4 Å². The van der Waals surface area contributed by atoms with Gasteiger partial charge in [-0.25, -0.2) is 0 Å². The maximum Gasteiger partial charge on any atom is 0.254 e. The summed E-state index contributed by atoms with van der Waals surface area (Å²) in [5.41, 5.74) is 6.54. The van der Waals surface area contributed by atoms with Crippen LogP contribution < -0.4 is 5.73 Å². The van der Waals surface area contributed by atoms with Crippen LogP contribution in [0.3, 0.4) is 0 Å². The lowest BCUT2D eigenvalue weighted by molar-refractivity contribution is -0.150. The number of anilines is 1. The molecule has 0 aliphatic carbocycles. The Hall–Kier alpha value is -1.26. The first-order chi connectivity index (χ1) is 8.92. The summed E-state index contributed by atoms with van der Waals surface area (Å²) in [4.78, 5) is 14.0. The number of hydrogen-bond donors (Lipinski definition) is 1. The number of carbonyl (C=O) groups excluding carboxylic acids is 1. The fourth-order valence-corrected chi connectivity index (χ4v) is 2.57. The minimum atomic E-state index is -0.693. The lowest BCUT2D eigenvalue weighted by atomic mass is 10.0. The maximum atomic E-state index is 12.4. The van der Waals surface area contributed by atoms with E-state index in [4.69, 9.17) is 22.1 Å². The third-order valence-corrected chi connectivity index (χ3v) is 3.86. The van der Waals surface area contributed by atoms with E-state index in [0.29, 0.717) is 23.9 Å². The van der Waals surface area contributed by atoms with Gasteiger partial charge in [0.1, 0.15) is 5.60 Å². The molecule has 1 atom stereocenters. The summed E-state index contributed by atoms with van der Waals surface area (Å²) in [7, 11) is 1.76.